The Kier molecular flexibility index (Phi) is 5.47. The second-order valence-corrected chi connectivity index (χ2v) is 7.79. The van der Waals surface area contributed by atoms with Crippen LogP contribution in [0.5, 0.6) is 0 Å². The maximum atomic E-state index is 12.5. The third-order valence-corrected chi connectivity index (χ3v) is 5.19. The lowest BCUT2D eigenvalue weighted by Crippen LogP contribution is -2.44. The average molecular weight is 337 g/mol. The van der Waals surface area contributed by atoms with Crippen LogP contribution in [0.4, 0.5) is 0 Å². The number of hydrogen-bond donors (Lipinski definition) is 1. The summed E-state index contributed by atoms with van der Waals surface area (Å²) < 4.78 is 0. The second-order valence-electron chi connectivity index (χ2n) is 7.79. The molecule has 0 spiro atoms. The Morgan fingerprint density at radius 1 is 1.24 bits per heavy atom. The topological polar surface area (TPSA) is 54.9 Å². The van der Waals surface area contributed by atoms with Crippen molar-refractivity contribution in [1.29, 1.82) is 0 Å². The van der Waals surface area contributed by atoms with E-state index in [0.717, 1.165) is 25.0 Å². The lowest BCUT2D eigenvalue weighted by atomic mass is 9.68. The van der Waals surface area contributed by atoms with Crippen molar-refractivity contribution in [2.45, 2.75) is 57.9 Å². The van der Waals surface area contributed by atoms with Crippen molar-refractivity contribution in [3.05, 3.63) is 60.2 Å². The van der Waals surface area contributed by atoms with Crippen LogP contribution in [-0.2, 0) is 11.2 Å². The van der Waals surface area contributed by atoms with Gasteiger partial charge >= 0.3 is 0 Å². The highest BCUT2D eigenvalue weighted by atomic mass is 16.1. The molecular weight excluding hydrogens is 310 g/mol. The fourth-order valence-corrected chi connectivity index (χ4v) is 3.79. The Labute approximate surface area is 150 Å². The van der Waals surface area contributed by atoms with Crippen LogP contribution >= 0.6 is 0 Å². The zero-order valence-corrected chi connectivity index (χ0v) is 15.1. The van der Waals surface area contributed by atoms with Crippen molar-refractivity contribution in [1.82, 2.24) is 15.3 Å². The van der Waals surface area contributed by atoms with Gasteiger partial charge in [-0.2, -0.15) is 0 Å². The summed E-state index contributed by atoms with van der Waals surface area (Å²) in [6, 6.07) is 10.8. The van der Waals surface area contributed by atoms with E-state index in [4.69, 9.17) is 0 Å². The fourth-order valence-electron chi connectivity index (χ4n) is 3.79. The number of nitrogens with zero attached hydrogens (tertiary/aromatic N) is 2. The van der Waals surface area contributed by atoms with Gasteiger partial charge in [-0.3, -0.25) is 14.8 Å². The van der Waals surface area contributed by atoms with Gasteiger partial charge in [-0.1, -0.05) is 44.2 Å². The Balaban J connectivity index is 1.63. The van der Waals surface area contributed by atoms with Gasteiger partial charge in [-0.05, 0) is 36.7 Å². The molecule has 1 saturated carbocycles. The molecule has 132 valence electrons. The number of carbonyl (C=O) groups excluding carboxylic acids is 1. The minimum absolute atomic E-state index is 0.108. The summed E-state index contributed by atoms with van der Waals surface area (Å²) in [5.41, 5.74) is 2.51. The van der Waals surface area contributed by atoms with E-state index in [1.165, 1.54) is 5.56 Å². The number of hydrogen-bond acceptors (Lipinski definition) is 3. The summed E-state index contributed by atoms with van der Waals surface area (Å²) in [5, 5.41) is 3.29. The first-order valence-electron chi connectivity index (χ1n) is 9.13. The number of carbonyl (C=O) groups is 1. The molecule has 0 saturated heterocycles. The lowest BCUT2D eigenvalue weighted by molar-refractivity contribution is -0.122. The quantitative estimate of drug-likeness (QED) is 0.900. The summed E-state index contributed by atoms with van der Waals surface area (Å²) in [5.74, 6) is 0.488. The normalized spacial score (nSPS) is 22.3. The lowest BCUT2D eigenvalue weighted by Gasteiger charge is -2.41. The second kappa shape index (κ2) is 7.77. The Morgan fingerprint density at radius 3 is 2.76 bits per heavy atom. The van der Waals surface area contributed by atoms with Gasteiger partial charge in [0, 0.05) is 37.0 Å². The largest absolute Gasteiger partial charge is 0.353 e. The van der Waals surface area contributed by atoms with Gasteiger partial charge in [0.05, 0.1) is 5.69 Å². The zero-order valence-electron chi connectivity index (χ0n) is 15.1. The first-order chi connectivity index (χ1) is 12.0. The van der Waals surface area contributed by atoms with Crippen LogP contribution in [0.2, 0.25) is 0 Å². The Hall–Kier alpha value is -2.23. The molecule has 4 nitrogen and oxygen atoms in total. The predicted molar refractivity (Wildman–Crippen MR) is 99.1 cm³/mol. The molecule has 1 aliphatic carbocycles. The molecular formula is C21H27N3O. The number of aromatic nitrogens is 2. The highest BCUT2D eigenvalue weighted by Crippen LogP contribution is 2.43. The Bertz CT molecular complexity index is 685. The molecule has 3 rings (SSSR count). The minimum Gasteiger partial charge on any atom is -0.353 e. The fraction of sp³-hybridized carbons (Fsp3) is 0.476. The SMILES string of the molecule is CC1(C)CCC(NC(=O)CCc2cnccn2)C(c2ccccc2)C1. The molecule has 0 radical (unpaired) electrons. The highest BCUT2D eigenvalue weighted by Gasteiger charge is 2.36. The van der Waals surface area contributed by atoms with Crippen LogP contribution in [0.3, 0.4) is 0 Å². The van der Waals surface area contributed by atoms with Crippen LogP contribution < -0.4 is 5.32 Å². The van der Waals surface area contributed by atoms with E-state index >= 15 is 0 Å². The van der Waals surface area contributed by atoms with Crippen LogP contribution in [0.15, 0.2) is 48.9 Å². The standard InChI is InChI=1S/C21H27N3O/c1-21(2)11-10-19(18(14-21)16-6-4-3-5-7-16)24-20(25)9-8-17-15-22-12-13-23-17/h3-7,12-13,15,18-19H,8-11,14H2,1-2H3,(H,24,25). The van der Waals surface area contributed by atoms with Gasteiger partial charge in [0.25, 0.3) is 0 Å². The van der Waals surface area contributed by atoms with E-state index in [1.54, 1.807) is 18.6 Å². The molecule has 4 heteroatoms. The van der Waals surface area contributed by atoms with Gasteiger partial charge in [0.2, 0.25) is 5.91 Å². The first-order valence-corrected chi connectivity index (χ1v) is 9.13. The van der Waals surface area contributed by atoms with Gasteiger partial charge in [0.1, 0.15) is 0 Å². The minimum atomic E-state index is 0.108. The van der Waals surface area contributed by atoms with Crippen molar-refractivity contribution in [3.8, 4) is 0 Å². The molecule has 1 aliphatic rings. The molecule has 1 N–H and O–H groups in total. The summed E-state index contributed by atoms with van der Waals surface area (Å²) in [4.78, 5) is 20.8. The molecule has 2 unspecified atom stereocenters. The summed E-state index contributed by atoms with van der Waals surface area (Å²) >= 11 is 0. The predicted octanol–water partition coefficient (Wildman–Crippen LogP) is 3.89. The van der Waals surface area contributed by atoms with E-state index < -0.39 is 0 Å². The maximum absolute atomic E-state index is 12.5. The zero-order chi connectivity index (χ0) is 17.7. The molecule has 0 bridgehead atoms. The van der Waals surface area contributed by atoms with E-state index in [0.29, 0.717) is 24.2 Å². The van der Waals surface area contributed by atoms with Gasteiger partial charge in [0.15, 0.2) is 0 Å². The molecule has 1 amide bonds. The average Bonchev–Trinajstić information content (AvgIpc) is 2.63. The van der Waals surface area contributed by atoms with Crippen molar-refractivity contribution in [3.63, 3.8) is 0 Å². The van der Waals surface area contributed by atoms with Crippen LogP contribution in [0.25, 0.3) is 0 Å². The molecule has 25 heavy (non-hydrogen) atoms. The summed E-state index contributed by atoms with van der Waals surface area (Å²) in [7, 11) is 0. The molecule has 2 aromatic rings. The van der Waals surface area contributed by atoms with Gasteiger partial charge in [-0.15, -0.1) is 0 Å². The third-order valence-electron chi connectivity index (χ3n) is 5.19. The molecule has 1 aromatic carbocycles. The third kappa shape index (κ3) is 4.88. The van der Waals surface area contributed by atoms with Crippen LogP contribution in [-0.4, -0.2) is 21.9 Å². The van der Waals surface area contributed by atoms with Crippen molar-refractivity contribution < 1.29 is 4.79 Å². The van der Waals surface area contributed by atoms with E-state index in [-0.39, 0.29) is 11.9 Å². The maximum Gasteiger partial charge on any atom is 0.220 e. The molecule has 1 aromatic heterocycles. The number of amides is 1. The van der Waals surface area contributed by atoms with E-state index in [2.05, 4.69) is 53.4 Å². The Morgan fingerprint density at radius 2 is 2.04 bits per heavy atom. The van der Waals surface area contributed by atoms with E-state index in [9.17, 15) is 4.79 Å². The number of nitrogens with one attached hydrogen (secondary N) is 1. The molecule has 2 atom stereocenters. The molecule has 1 fully saturated rings. The smallest absolute Gasteiger partial charge is 0.220 e. The summed E-state index contributed by atoms with van der Waals surface area (Å²) in [6.45, 7) is 4.66. The van der Waals surface area contributed by atoms with Crippen molar-refractivity contribution in [2.24, 2.45) is 5.41 Å². The number of aryl methyl sites for hydroxylation is 1. The van der Waals surface area contributed by atoms with Gasteiger partial charge in [-0.25, -0.2) is 0 Å². The number of rotatable bonds is 5. The van der Waals surface area contributed by atoms with E-state index in [1.807, 2.05) is 6.07 Å². The first kappa shape index (κ1) is 17.6. The van der Waals surface area contributed by atoms with Crippen LogP contribution in [0.1, 0.15) is 56.7 Å². The van der Waals surface area contributed by atoms with Crippen molar-refractivity contribution >= 4 is 5.91 Å². The molecule has 1 heterocycles. The molecule has 0 aliphatic heterocycles. The van der Waals surface area contributed by atoms with Crippen molar-refractivity contribution in [2.75, 3.05) is 0 Å². The summed E-state index contributed by atoms with van der Waals surface area (Å²) in [6.07, 6.45) is 9.41. The number of benzene rings is 1. The monoisotopic (exact) mass is 337 g/mol. The van der Waals surface area contributed by atoms with Crippen LogP contribution in [0, 0.1) is 5.41 Å². The highest BCUT2D eigenvalue weighted by molar-refractivity contribution is 5.76. The van der Waals surface area contributed by atoms with Gasteiger partial charge < -0.3 is 5.32 Å².